The highest BCUT2D eigenvalue weighted by molar-refractivity contribution is 9.11. The normalized spacial score (nSPS) is 9.57. The molecule has 0 unspecified atom stereocenters. The minimum atomic E-state index is 0.0465. The average molecular weight is 384 g/mol. The van der Waals surface area contributed by atoms with Gasteiger partial charge in [0.1, 0.15) is 11.8 Å². The van der Waals surface area contributed by atoms with Gasteiger partial charge in [0.25, 0.3) is 0 Å². The zero-order valence-corrected chi connectivity index (χ0v) is 11.8. The first-order chi connectivity index (χ1) is 6.69. The van der Waals surface area contributed by atoms with Crippen molar-refractivity contribution >= 4 is 47.8 Å². The Labute approximate surface area is 108 Å². The zero-order chi connectivity index (χ0) is 10.6. The second-order valence-electron chi connectivity index (χ2n) is 2.47. The van der Waals surface area contributed by atoms with Crippen LogP contribution in [-0.2, 0) is 5.33 Å². The van der Waals surface area contributed by atoms with Crippen molar-refractivity contribution in [2.75, 3.05) is 6.61 Å². The van der Waals surface area contributed by atoms with Crippen molar-refractivity contribution in [1.29, 1.82) is 5.26 Å². The molecule has 1 aromatic rings. The van der Waals surface area contributed by atoms with E-state index in [0.29, 0.717) is 5.75 Å². The van der Waals surface area contributed by atoms with Gasteiger partial charge in [0, 0.05) is 5.33 Å². The molecule has 0 radical (unpaired) electrons. The van der Waals surface area contributed by atoms with E-state index in [1.807, 2.05) is 18.2 Å². The molecule has 14 heavy (non-hydrogen) atoms. The first-order valence-corrected chi connectivity index (χ1v) is 6.43. The summed E-state index contributed by atoms with van der Waals surface area (Å²) < 4.78 is 6.93. The Balaban J connectivity index is 3.00. The van der Waals surface area contributed by atoms with Gasteiger partial charge in [-0.25, -0.2) is 0 Å². The molecule has 0 amide bonds. The fourth-order valence-electron chi connectivity index (χ4n) is 0.932. The number of alkyl halides is 1. The molecule has 1 aromatic carbocycles. The van der Waals surface area contributed by atoms with E-state index in [9.17, 15) is 0 Å². The van der Waals surface area contributed by atoms with Gasteiger partial charge in [-0.15, -0.1) is 0 Å². The smallest absolute Gasteiger partial charge is 0.174 e. The van der Waals surface area contributed by atoms with E-state index in [0.717, 1.165) is 19.8 Å². The summed E-state index contributed by atoms with van der Waals surface area (Å²) in [4.78, 5) is 0. The highest BCUT2D eigenvalue weighted by atomic mass is 79.9. The Bertz CT molecular complexity index is 350. The zero-order valence-electron chi connectivity index (χ0n) is 7.06. The first-order valence-electron chi connectivity index (χ1n) is 3.72. The maximum atomic E-state index is 8.40. The van der Waals surface area contributed by atoms with Crippen molar-refractivity contribution in [1.82, 2.24) is 0 Å². The van der Waals surface area contributed by atoms with Crippen LogP contribution in [0.2, 0.25) is 0 Å². The molecule has 2 nitrogen and oxygen atoms in total. The largest absolute Gasteiger partial charge is 0.476 e. The second kappa shape index (κ2) is 5.74. The molecule has 0 bridgehead atoms. The molecular formula is C9H6Br3NO. The molecule has 0 aliphatic carbocycles. The summed E-state index contributed by atoms with van der Waals surface area (Å²) in [6.45, 7) is 0.0465. The van der Waals surface area contributed by atoms with Gasteiger partial charge in [-0.1, -0.05) is 15.9 Å². The predicted molar refractivity (Wildman–Crippen MR) is 65.6 cm³/mol. The predicted octanol–water partition coefficient (Wildman–Crippen LogP) is 4.01. The molecule has 5 heteroatoms. The van der Waals surface area contributed by atoms with Crippen LogP contribution in [0.4, 0.5) is 0 Å². The molecule has 0 saturated carbocycles. The van der Waals surface area contributed by atoms with Gasteiger partial charge in [-0.2, -0.15) is 5.26 Å². The lowest BCUT2D eigenvalue weighted by molar-refractivity contribution is 0.363. The van der Waals surface area contributed by atoms with Crippen molar-refractivity contribution in [2.24, 2.45) is 0 Å². The number of nitrogens with zero attached hydrogens (tertiary/aromatic N) is 1. The third kappa shape index (κ3) is 2.97. The topological polar surface area (TPSA) is 33.0 Å². The second-order valence-corrected chi connectivity index (χ2v) is 4.74. The van der Waals surface area contributed by atoms with Crippen molar-refractivity contribution in [3.8, 4) is 11.8 Å². The lowest BCUT2D eigenvalue weighted by atomic mass is 10.2. The van der Waals surface area contributed by atoms with Gasteiger partial charge in [0.05, 0.1) is 8.95 Å². The van der Waals surface area contributed by atoms with Gasteiger partial charge in [0.2, 0.25) is 0 Å². The van der Waals surface area contributed by atoms with Crippen molar-refractivity contribution in [3.63, 3.8) is 0 Å². The molecule has 1 rings (SSSR count). The van der Waals surface area contributed by atoms with Crippen LogP contribution in [-0.4, -0.2) is 6.61 Å². The third-order valence-corrected chi connectivity index (χ3v) is 3.32. The summed E-state index contributed by atoms with van der Waals surface area (Å²) in [5, 5.41) is 9.18. The minimum absolute atomic E-state index is 0.0465. The lowest BCUT2D eigenvalue weighted by Gasteiger charge is -2.08. The Kier molecular flexibility index (Phi) is 4.93. The minimum Gasteiger partial charge on any atom is -0.476 e. The molecule has 0 heterocycles. The van der Waals surface area contributed by atoms with E-state index in [-0.39, 0.29) is 6.61 Å². The quantitative estimate of drug-likeness (QED) is 0.739. The Morgan fingerprint density at radius 1 is 1.29 bits per heavy atom. The number of benzene rings is 1. The van der Waals surface area contributed by atoms with Crippen LogP contribution in [0.25, 0.3) is 0 Å². The van der Waals surface area contributed by atoms with Gasteiger partial charge in [0.15, 0.2) is 6.61 Å². The van der Waals surface area contributed by atoms with Crippen molar-refractivity contribution < 1.29 is 4.74 Å². The van der Waals surface area contributed by atoms with Crippen LogP contribution < -0.4 is 4.74 Å². The Morgan fingerprint density at radius 3 is 2.29 bits per heavy atom. The van der Waals surface area contributed by atoms with Crippen LogP contribution in [0.5, 0.6) is 5.75 Å². The standard InChI is InChI=1S/C9H6Br3NO/c10-5-6-3-7(11)9(8(12)4-6)14-2-1-13/h3-4H,2,5H2. The number of nitriles is 1. The molecule has 0 atom stereocenters. The maximum Gasteiger partial charge on any atom is 0.174 e. The molecule has 0 saturated heterocycles. The van der Waals surface area contributed by atoms with E-state index >= 15 is 0 Å². The molecule has 0 aromatic heterocycles. The first kappa shape index (κ1) is 12.0. The Morgan fingerprint density at radius 2 is 1.86 bits per heavy atom. The van der Waals surface area contributed by atoms with Crippen LogP contribution in [0.15, 0.2) is 21.1 Å². The summed E-state index contributed by atoms with van der Waals surface area (Å²) in [5.74, 6) is 0.663. The lowest BCUT2D eigenvalue weighted by Crippen LogP contribution is -1.96. The maximum absolute atomic E-state index is 8.40. The summed E-state index contributed by atoms with van der Waals surface area (Å²) in [5.41, 5.74) is 1.13. The van der Waals surface area contributed by atoms with E-state index in [4.69, 9.17) is 10.00 Å². The van der Waals surface area contributed by atoms with Gasteiger partial charge in [-0.3, -0.25) is 0 Å². The SMILES string of the molecule is N#CCOc1c(Br)cc(CBr)cc1Br. The summed E-state index contributed by atoms with van der Waals surface area (Å²) in [7, 11) is 0. The Hall–Kier alpha value is -0.0500. The van der Waals surface area contributed by atoms with Crippen molar-refractivity contribution in [2.45, 2.75) is 5.33 Å². The summed E-state index contributed by atoms with van der Waals surface area (Å²) in [6.07, 6.45) is 0. The molecule has 0 N–H and O–H groups in total. The molecule has 0 spiro atoms. The van der Waals surface area contributed by atoms with E-state index in [1.165, 1.54) is 0 Å². The molecule has 0 fully saturated rings. The van der Waals surface area contributed by atoms with Gasteiger partial charge < -0.3 is 4.74 Å². The summed E-state index contributed by atoms with van der Waals surface area (Å²) >= 11 is 10.1. The fraction of sp³-hybridized carbons (Fsp3) is 0.222. The van der Waals surface area contributed by atoms with Crippen LogP contribution in [0.3, 0.4) is 0 Å². The number of ether oxygens (including phenoxy) is 1. The van der Waals surface area contributed by atoms with Crippen molar-refractivity contribution in [3.05, 3.63) is 26.6 Å². The van der Waals surface area contributed by atoms with Crippen LogP contribution in [0, 0.1) is 11.3 Å². The van der Waals surface area contributed by atoms with E-state index in [2.05, 4.69) is 47.8 Å². The highest BCUT2D eigenvalue weighted by Gasteiger charge is 2.08. The van der Waals surface area contributed by atoms with Crippen LogP contribution >= 0.6 is 47.8 Å². The monoisotopic (exact) mass is 381 g/mol. The molecular weight excluding hydrogens is 378 g/mol. The average Bonchev–Trinajstić information content (AvgIpc) is 2.16. The number of hydrogen-bond donors (Lipinski definition) is 0. The van der Waals surface area contributed by atoms with Gasteiger partial charge in [-0.05, 0) is 49.6 Å². The van der Waals surface area contributed by atoms with E-state index in [1.54, 1.807) is 0 Å². The van der Waals surface area contributed by atoms with E-state index < -0.39 is 0 Å². The summed E-state index contributed by atoms with van der Waals surface area (Å²) in [6, 6.07) is 5.83. The fourth-order valence-corrected chi connectivity index (χ4v) is 2.77. The third-order valence-electron chi connectivity index (χ3n) is 1.49. The number of rotatable bonds is 3. The van der Waals surface area contributed by atoms with Gasteiger partial charge >= 0.3 is 0 Å². The molecule has 0 aliphatic rings. The highest BCUT2D eigenvalue weighted by Crippen LogP contribution is 2.35. The number of halogens is 3. The van der Waals surface area contributed by atoms with Crippen LogP contribution in [0.1, 0.15) is 5.56 Å². The number of hydrogen-bond acceptors (Lipinski definition) is 2. The molecule has 74 valence electrons. The molecule has 0 aliphatic heterocycles.